The van der Waals surface area contributed by atoms with Gasteiger partial charge in [0.1, 0.15) is 23.6 Å². The molecule has 0 aliphatic rings. The summed E-state index contributed by atoms with van der Waals surface area (Å²) in [7, 11) is 0. The van der Waals surface area contributed by atoms with Crippen molar-refractivity contribution in [2.75, 3.05) is 19.8 Å². The molecule has 7 nitrogen and oxygen atoms in total. The van der Waals surface area contributed by atoms with E-state index in [1.807, 2.05) is 80.6 Å². The molecule has 1 N–H and O–H groups in total. The Labute approximate surface area is 258 Å². The standard InChI is InChI=1S/C33H40ClNO6S/c1-5-19-33(31(36)39-7-3,35-32(37)40-8-4)20-18-25-14-16-27(22-28(25)34)42-30-21-26(38-6-2)15-17-29(30)41-23-24-12-10-9-11-13-24/h9-17,21-22H,5-8,18-20,23H2,1-4H3,(H,35,37). The minimum atomic E-state index is -1.21. The average Bonchev–Trinajstić information content (AvgIpc) is 2.97. The van der Waals surface area contributed by atoms with Gasteiger partial charge in [-0.15, -0.1) is 0 Å². The topological polar surface area (TPSA) is 83.1 Å². The van der Waals surface area contributed by atoms with Gasteiger partial charge in [-0.05, 0) is 81.5 Å². The van der Waals surface area contributed by atoms with Crippen LogP contribution in [0, 0.1) is 0 Å². The van der Waals surface area contributed by atoms with E-state index in [2.05, 4.69) is 5.32 Å². The fourth-order valence-electron chi connectivity index (χ4n) is 4.51. The highest BCUT2D eigenvalue weighted by Crippen LogP contribution is 2.39. The molecule has 0 bridgehead atoms. The van der Waals surface area contributed by atoms with Gasteiger partial charge >= 0.3 is 12.1 Å². The van der Waals surface area contributed by atoms with Crippen molar-refractivity contribution in [3.63, 3.8) is 0 Å². The Morgan fingerprint density at radius 2 is 1.62 bits per heavy atom. The third-order valence-corrected chi connectivity index (χ3v) is 7.88. The summed E-state index contributed by atoms with van der Waals surface area (Å²) in [6, 6.07) is 21.6. The number of nitrogens with one attached hydrogen (secondary N) is 1. The van der Waals surface area contributed by atoms with Gasteiger partial charge in [0.25, 0.3) is 0 Å². The van der Waals surface area contributed by atoms with E-state index in [9.17, 15) is 9.59 Å². The third-order valence-electron chi connectivity index (χ3n) is 6.50. The molecule has 0 aliphatic heterocycles. The van der Waals surface area contributed by atoms with Crippen LogP contribution in [0.5, 0.6) is 11.5 Å². The van der Waals surface area contributed by atoms with Crippen molar-refractivity contribution in [2.45, 2.75) is 75.3 Å². The summed E-state index contributed by atoms with van der Waals surface area (Å²) in [5, 5.41) is 3.36. The zero-order valence-electron chi connectivity index (χ0n) is 24.7. The second-order valence-corrected chi connectivity index (χ2v) is 11.1. The quantitative estimate of drug-likeness (QED) is 0.163. The van der Waals surface area contributed by atoms with Crippen molar-refractivity contribution in [3.8, 4) is 11.5 Å². The minimum Gasteiger partial charge on any atom is -0.494 e. The second-order valence-electron chi connectivity index (χ2n) is 9.57. The molecule has 0 saturated heterocycles. The number of amides is 1. The number of esters is 1. The lowest BCUT2D eigenvalue weighted by molar-refractivity contribution is -0.151. The van der Waals surface area contributed by atoms with Gasteiger partial charge in [-0.1, -0.05) is 73.1 Å². The number of aryl methyl sites for hydroxylation is 1. The SMILES string of the molecule is CCCC(CCc1ccc(Sc2cc(OCC)ccc2OCc2ccccc2)cc1Cl)(NC(=O)OCC)C(=O)OCC. The van der Waals surface area contributed by atoms with Crippen LogP contribution in [0.25, 0.3) is 0 Å². The zero-order chi connectivity index (χ0) is 30.4. The number of carbonyl (C=O) groups is 2. The van der Waals surface area contributed by atoms with Gasteiger partial charge in [-0.25, -0.2) is 9.59 Å². The van der Waals surface area contributed by atoms with Crippen molar-refractivity contribution in [3.05, 3.63) is 82.9 Å². The van der Waals surface area contributed by atoms with Crippen LogP contribution in [0.4, 0.5) is 4.79 Å². The minimum absolute atomic E-state index is 0.203. The van der Waals surface area contributed by atoms with E-state index in [0.717, 1.165) is 32.4 Å². The molecule has 0 fully saturated rings. The smallest absolute Gasteiger partial charge is 0.408 e. The van der Waals surface area contributed by atoms with E-state index in [-0.39, 0.29) is 13.2 Å². The molecule has 226 valence electrons. The summed E-state index contributed by atoms with van der Waals surface area (Å²) in [5.41, 5.74) is 0.729. The Morgan fingerprint density at radius 1 is 0.857 bits per heavy atom. The van der Waals surface area contributed by atoms with Crippen molar-refractivity contribution in [1.29, 1.82) is 0 Å². The summed E-state index contributed by atoms with van der Waals surface area (Å²) in [4.78, 5) is 27.3. The molecule has 3 aromatic rings. The maximum absolute atomic E-state index is 13.1. The third kappa shape index (κ3) is 9.60. The van der Waals surface area contributed by atoms with Crippen LogP contribution < -0.4 is 14.8 Å². The molecular formula is C33H40ClNO6S. The van der Waals surface area contributed by atoms with E-state index in [1.165, 1.54) is 11.8 Å². The molecule has 1 unspecified atom stereocenters. The van der Waals surface area contributed by atoms with Crippen molar-refractivity contribution in [2.24, 2.45) is 0 Å². The molecule has 0 aromatic heterocycles. The number of hydrogen-bond donors (Lipinski definition) is 1. The van der Waals surface area contributed by atoms with E-state index in [1.54, 1.807) is 13.8 Å². The Hall–Kier alpha value is -3.36. The Morgan fingerprint density at radius 3 is 2.29 bits per heavy atom. The number of carbonyl (C=O) groups excluding carboxylic acids is 2. The lowest BCUT2D eigenvalue weighted by Gasteiger charge is -2.32. The summed E-state index contributed by atoms with van der Waals surface area (Å²) < 4.78 is 22.4. The highest BCUT2D eigenvalue weighted by Gasteiger charge is 2.41. The molecule has 42 heavy (non-hydrogen) atoms. The molecule has 0 spiro atoms. The number of halogens is 1. The van der Waals surface area contributed by atoms with E-state index >= 15 is 0 Å². The Bertz CT molecular complexity index is 1300. The first-order valence-electron chi connectivity index (χ1n) is 14.4. The van der Waals surface area contributed by atoms with Gasteiger partial charge in [-0.3, -0.25) is 0 Å². The molecule has 0 aliphatic carbocycles. The van der Waals surface area contributed by atoms with Crippen LogP contribution in [0.15, 0.2) is 76.5 Å². The number of alkyl carbamates (subject to hydrolysis) is 1. The van der Waals surface area contributed by atoms with Crippen LogP contribution >= 0.6 is 23.4 Å². The van der Waals surface area contributed by atoms with Gasteiger partial charge in [-0.2, -0.15) is 0 Å². The van der Waals surface area contributed by atoms with Gasteiger partial charge in [0, 0.05) is 9.92 Å². The molecule has 1 amide bonds. The largest absolute Gasteiger partial charge is 0.494 e. The molecule has 9 heteroatoms. The fourth-order valence-corrected chi connectivity index (χ4v) is 5.82. The van der Waals surface area contributed by atoms with E-state index in [0.29, 0.717) is 43.9 Å². The maximum atomic E-state index is 13.1. The lowest BCUT2D eigenvalue weighted by atomic mass is 9.87. The predicted molar refractivity (Wildman–Crippen MR) is 167 cm³/mol. The molecule has 1 atom stereocenters. The number of hydrogen-bond acceptors (Lipinski definition) is 7. The molecule has 0 heterocycles. The van der Waals surface area contributed by atoms with E-state index < -0.39 is 17.6 Å². The van der Waals surface area contributed by atoms with Crippen LogP contribution in [0.1, 0.15) is 58.1 Å². The van der Waals surface area contributed by atoms with Crippen molar-refractivity contribution < 1.29 is 28.5 Å². The predicted octanol–water partition coefficient (Wildman–Crippen LogP) is 8.25. The van der Waals surface area contributed by atoms with Gasteiger partial charge < -0.3 is 24.3 Å². The molecule has 3 rings (SSSR count). The number of benzene rings is 3. The molecular weight excluding hydrogens is 574 g/mol. The van der Waals surface area contributed by atoms with Crippen LogP contribution in [-0.2, 0) is 27.3 Å². The molecule has 3 aromatic carbocycles. The molecule has 0 saturated carbocycles. The van der Waals surface area contributed by atoms with Crippen LogP contribution in [0.3, 0.4) is 0 Å². The van der Waals surface area contributed by atoms with E-state index in [4.69, 9.17) is 30.5 Å². The summed E-state index contributed by atoms with van der Waals surface area (Å²) in [6.45, 7) is 8.79. The highest BCUT2D eigenvalue weighted by atomic mass is 35.5. The van der Waals surface area contributed by atoms with Crippen molar-refractivity contribution >= 4 is 35.4 Å². The number of rotatable bonds is 16. The summed E-state index contributed by atoms with van der Waals surface area (Å²) in [6.07, 6.45) is 1.22. The first-order chi connectivity index (χ1) is 20.3. The Balaban J connectivity index is 1.80. The van der Waals surface area contributed by atoms with Crippen molar-refractivity contribution in [1.82, 2.24) is 5.32 Å². The zero-order valence-corrected chi connectivity index (χ0v) is 26.3. The highest BCUT2D eigenvalue weighted by molar-refractivity contribution is 7.99. The monoisotopic (exact) mass is 613 g/mol. The first kappa shape index (κ1) is 33.1. The summed E-state index contributed by atoms with van der Waals surface area (Å²) in [5.74, 6) is 1.03. The van der Waals surface area contributed by atoms with Gasteiger partial charge in [0.2, 0.25) is 0 Å². The molecule has 0 radical (unpaired) electrons. The fraction of sp³-hybridized carbons (Fsp3) is 0.394. The Kier molecular flexibility index (Phi) is 13.4. The lowest BCUT2D eigenvalue weighted by Crippen LogP contribution is -2.55. The average molecular weight is 614 g/mol. The van der Waals surface area contributed by atoms with Gasteiger partial charge in [0.15, 0.2) is 0 Å². The maximum Gasteiger partial charge on any atom is 0.408 e. The van der Waals surface area contributed by atoms with Gasteiger partial charge in [0.05, 0.1) is 24.7 Å². The first-order valence-corrected chi connectivity index (χ1v) is 15.6. The second kappa shape index (κ2) is 16.9. The normalized spacial score (nSPS) is 12.2. The van der Waals surface area contributed by atoms with Crippen LogP contribution in [-0.4, -0.2) is 37.4 Å². The van der Waals surface area contributed by atoms with Crippen LogP contribution in [0.2, 0.25) is 5.02 Å². The summed E-state index contributed by atoms with van der Waals surface area (Å²) >= 11 is 8.29. The number of ether oxygens (including phenoxy) is 4.